The first-order valence-corrected chi connectivity index (χ1v) is 10.6. The summed E-state index contributed by atoms with van der Waals surface area (Å²) < 4.78 is 48.3. The van der Waals surface area contributed by atoms with Crippen LogP contribution in [0.15, 0.2) is 35.2 Å². The highest BCUT2D eigenvalue weighted by Gasteiger charge is 2.22. The maximum atomic E-state index is 12.5. The molecule has 0 spiro atoms. The smallest absolute Gasteiger partial charge is 0.335 e. The highest BCUT2D eigenvalue weighted by molar-refractivity contribution is 7.90. The van der Waals surface area contributed by atoms with Crippen molar-refractivity contribution >= 4 is 32.8 Å². The number of nitrogens with one attached hydrogen (secondary N) is 2. The van der Waals surface area contributed by atoms with Crippen molar-refractivity contribution in [3.63, 3.8) is 0 Å². The van der Waals surface area contributed by atoms with Crippen LogP contribution in [0.25, 0.3) is 0 Å². The molecule has 1 heterocycles. The summed E-state index contributed by atoms with van der Waals surface area (Å²) in [5.41, 5.74) is 0.331. The van der Waals surface area contributed by atoms with Crippen molar-refractivity contribution in [3.8, 4) is 11.8 Å². The van der Waals surface area contributed by atoms with Gasteiger partial charge in [0, 0.05) is 22.8 Å². The molecule has 0 fully saturated rings. The maximum Gasteiger partial charge on any atom is 0.335 e. The van der Waals surface area contributed by atoms with Crippen molar-refractivity contribution in [2.45, 2.75) is 10.6 Å². The molecule has 146 valence electrons. The van der Waals surface area contributed by atoms with E-state index < -0.39 is 26.9 Å². The molecule has 0 aliphatic rings. The molecule has 10 nitrogen and oxygen atoms in total. The Morgan fingerprint density at radius 1 is 1.15 bits per heavy atom. The summed E-state index contributed by atoms with van der Waals surface area (Å²) in [4.78, 5) is 19.7. The van der Waals surface area contributed by atoms with Gasteiger partial charge in [-0.2, -0.15) is 9.97 Å². The molecule has 2 rings (SSSR count). The van der Waals surface area contributed by atoms with E-state index in [4.69, 9.17) is 9.47 Å². The quantitative estimate of drug-likeness (QED) is 0.681. The first kappa shape index (κ1) is 20.6. The highest BCUT2D eigenvalue weighted by Crippen LogP contribution is 2.19. The van der Waals surface area contributed by atoms with Gasteiger partial charge in [0.1, 0.15) is 0 Å². The summed E-state index contributed by atoms with van der Waals surface area (Å²) in [5.74, 6) is 0.0722. The van der Waals surface area contributed by atoms with Crippen LogP contribution >= 0.6 is 0 Å². The van der Waals surface area contributed by atoms with Crippen molar-refractivity contribution in [1.82, 2.24) is 14.7 Å². The van der Waals surface area contributed by atoms with Gasteiger partial charge in [-0.25, -0.2) is 17.9 Å². The van der Waals surface area contributed by atoms with Gasteiger partial charge in [-0.05, 0) is 11.6 Å². The number of nitrogens with zero attached hydrogens (tertiary/aromatic N) is 2. The average molecular weight is 414 g/mol. The second-order valence-electron chi connectivity index (χ2n) is 5.16. The summed E-state index contributed by atoms with van der Waals surface area (Å²) >= 11 is 0. The highest BCUT2D eigenvalue weighted by atomic mass is 32.2. The minimum atomic E-state index is -4.20. The third-order valence-corrected chi connectivity index (χ3v) is 5.32. The average Bonchev–Trinajstić information content (AvgIpc) is 2.60. The van der Waals surface area contributed by atoms with Crippen LogP contribution in [0, 0.1) is 0 Å². The molecule has 2 N–H and O–H groups in total. The Morgan fingerprint density at radius 2 is 1.74 bits per heavy atom. The number of methoxy groups -OCH3 is 2. The number of hydrogen-bond acceptors (Lipinski definition) is 8. The fourth-order valence-corrected chi connectivity index (χ4v) is 4.01. The largest absolute Gasteiger partial charge is 0.481 e. The molecule has 1 aromatic carbocycles. The van der Waals surface area contributed by atoms with E-state index in [9.17, 15) is 17.4 Å². The van der Waals surface area contributed by atoms with Crippen LogP contribution in [-0.2, 0) is 26.6 Å². The molecule has 12 heteroatoms. The zero-order chi connectivity index (χ0) is 20.0. The SMILES string of the molecule is COc1cc(OC)nc(NC(=O)NS(=O)(=O)c2ccccc2CS(C)=O)n1. The van der Waals surface area contributed by atoms with Gasteiger partial charge in [0.15, 0.2) is 0 Å². The van der Waals surface area contributed by atoms with E-state index in [0.29, 0.717) is 5.56 Å². The minimum Gasteiger partial charge on any atom is -0.481 e. The lowest BCUT2D eigenvalue weighted by Gasteiger charge is -2.12. The van der Waals surface area contributed by atoms with Gasteiger partial charge in [-0.1, -0.05) is 18.2 Å². The van der Waals surface area contributed by atoms with Crippen molar-refractivity contribution in [2.24, 2.45) is 0 Å². The van der Waals surface area contributed by atoms with Gasteiger partial charge in [0.25, 0.3) is 10.0 Å². The number of anilines is 1. The zero-order valence-electron chi connectivity index (χ0n) is 14.8. The van der Waals surface area contributed by atoms with Crippen LogP contribution in [0.4, 0.5) is 10.7 Å². The Balaban J connectivity index is 2.22. The summed E-state index contributed by atoms with van der Waals surface area (Å²) in [6.45, 7) is 0. The van der Waals surface area contributed by atoms with Crippen molar-refractivity contribution in [2.75, 3.05) is 25.8 Å². The molecule has 1 aromatic heterocycles. The molecular formula is C15H18N4O6S2. The number of rotatable bonds is 7. The molecule has 1 atom stereocenters. The first-order chi connectivity index (χ1) is 12.7. The lowest BCUT2D eigenvalue weighted by molar-refractivity contribution is 0.256. The fourth-order valence-electron chi connectivity index (χ4n) is 2.08. The Labute approximate surface area is 158 Å². The number of sulfonamides is 1. The molecule has 2 aromatic rings. The van der Waals surface area contributed by atoms with Crippen LogP contribution in [0.3, 0.4) is 0 Å². The summed E-state index contributed by atoms with van der Waals surface area (Å²) in [6.07, 6.45) is 1.46. The molecule has 27 heavy (non-hydrogen) atoms. The molecular weight excluding hydrogens is 396 g/mol. The number of carbonyl (C=O) groups excluding carboxylic acids is 1. The Morgan fingerprint density at radius 3 is 2.30 bits per heavy atom. The molecule has 0 aliphatic heterocycles. The van der Waals surface area contributed by atoms with Gasteiger partial charge in [0.05, 0.1) is 25.2 Å². The molecule has 0 aliphatic carbocycles. The third kappa shape index (κ3) is 5.62. The van der Waals surface area contributed by atoms with E-state index in [0.717, 1.165) is 0 Å². The van der Waals surface area contributed by atoms with Gasteiger partial charge in [0.2, 0.25) is 17.7 Å². The number of urea groups is 1. The first-order valence-electron chi connectivity index (χ1n) is 7.44. The lowest BCUT2D eigenvalue weighted by Crippen LogP contribution is -2.35. The van der Waals surface area contributed by atoms with E-state index in [2.05, 4.69) is 15.3 Å². The number of aromatic nitrogens is 2. The Kier molecular flexibility index (Phi) is 6.69. The lowest BCUT2D eigenvalue weighted by atomic mass is 10.2. The van der Waals surface area contributed by atoms with Crippen LogP contribution in [0.5, 0.6) is 11.8 Å². The number of benzene rings is 1. The minimum absolute atomic E-state index is 0.0366. The molecule has 0 radical (unpaired) electrons. The van der Waals surface area contributed by atoms with E-state index in [1.807, 2.05) is 4.72 Å². The third-order valence-electron chi connectivity index (χ3n) is 3.17. The number of ether oxygens (including phenoxy) is 2. The van der Waals surface area contributed by atoms with E-state index in [1.165, 1.54) is 44.7 Å². The predicted octanol–water partition coefficient (Wildman–Crippen LogP) is 0.883. The van der Waals surface area contributed by atoms with Crippen LogP contribution in [0.1, 0.15) is 5.56 Å². The summed E-state index contributed by atoms with van der Waals surface area (Å²) in [5, 5.41) is 2.21. The van der Waals surface area contributed by atoms with Crippen LogP contribution < -0.4 is 19.5 Å². The number of amides is 2. The maximum absolute atomic E-state index is 12.5. The molecule has 2 amide bonds. The Hall–Kier alpha value is -2.73. The van der Waals surface area contributed by atoms with E-state index >= 15 is 0 Å². The van der Waals surface area contributed by atoms with Crippen LogP contribution in [0.2, 0.25) is 0 Å². The second-order valence-corrected chi connectivity index (χ2v) is 8.25. The van der Waals surface area contributed by atoms with Crippen molar-refractivity contribution < 1.29 is 26.9 Å². The van der Waals surface area contributed by atoms with Crippen molar-refractivity contribution in [3.05, 3.63) is 35.9 Å². The molecule has 1 unspecified atom stereocenters. The standard InChI is InChI=1S/C15H18N4O6S2/c1-24-12-8-13(25-2)17-14(16-12)18-15(20)19-27(22,23)11-7-5-4-6-10(11)9-26(3)21/h4-8H,9H2,1-3H3,(H2,16,17,18,19,20). The molecule has 0 saturated heterocycles. The van der Waals surface area contributed by atoms with Gasteiger partial charge in [-0.15, -0.1) is 0 Å². The number of carbonyl (C=O) groups is 1. The number of hydrogen-bond donors (Lipinski definition) is 2. The van der Waals surface area contributed by atoms with Gasteiger partial charge < -0.3 is 9.47 Å². The van der Waals surface area contributed by atoms with Crippen molar-refractivity contribution in [1.29, 1.82) is 0 Å². The molecule has 0 bridgehead atoms. The fraction of sp³-hybridized carbons (Fsp3) is 0.267. The molecule has 0 saturated carbocycles. The van der Waals surface area contributed by atoms with Gasteiger partial charge >= 0.3 is 6.03 Å². The normalized spacial score (nSPS) is 12.1. The van der Waals surface area contributed by atoms with Crippen LogP contribution in [-0.4, -0.2) is 49.1 Å². The Bertz CT molecular complexity index is 942. The summed E-state index contributed by atoms with van der Waals surface area (Å²) in [7, 11) is -2.72. The monoisotopic (exact) mass is 414 g/mol. The predicted molar refractivity (Wildman–Crippen MR) is 98.7 cm³/mol. The van der Waals surface area contributed by atoms with E-state index in [1.54, 1.807) is 6.07 Å². The summed E-state index contributed by atoms with van der Waals surface area (Å²) in [6, 6.07) is 6.30. The zero-order valence-corrected chi connectivity index (χ0v) is 16.4. The topological polar surface area (TPSA) is 137 Å². The van der Waals surface area contributed by atoms with E-state index in [-0.39, 0.29) is 28.4 Å². The second kappa shape index (κ2) is 8.77. The van der Waals surface area contributed by atoms with Gasteiger partial charge in [-0.3, -0.25) is 9.53 Å².